The van der Waals surface area contributed by atoms with Gasteiger partial charge >= 0.3 is 0 Å². The standard InChI is InChI=1S/C9H15N2O2/c1-2-3-8(9(13)6-12)11-10-7-4-5-7/h6-8,10H,2-5H2,1H3/t8-/m0/s1. The summed E-state index contributed by atoms with van der Waals surface area (Å²) in [6.45, 7) is 1.97. The molecule has 1 fully saturated rings. The molecule has 0 aromatic rings. The number of hydrogen-bond acceptors (Lipinski definition) is 3. The van der Waals surface area contributed by atoms with Crippen LogP contribution in [0, 0.1) is 0 Å². The molecule has 1 saturated carbocycles. The van der Waals surface area contributed by atoms with E-state index in [4.69, 9.17) is 0 Å². The van der Waals surface area contributed by atoms with Crippen molar-refractivity contribution >= 4 is 12.1 Å². The van der Waals surface area contributed by atoms with Gasteiger partial charge in [-0.25, -0.2) is 5.43 Å². The molecule has 1 N–H and O–H groups in total. The van der Waals surface area contributed by atoms with Crippen molar-refractivity contribution in [1.29, 1.82) is 0 Å². The van der Waals surface area contributed by atoms with Gasteiger partial charge in [0.15, 0.2) is 6.29 Å². The molecule has 73 valence electrons. The number of rotatable bonds is 7. The molecule has 0 spiro atoms. The summed E-state index contributed by atoms with van der Waals surface area (Å²) in [4.78, 5) is 21.3. The molecule has 1 radical (unpaired) electrons. The number of hydrogen-bond donors (Lipinski definition) is 1. The van der Waals surface area contributed by atoms with Crippen LogP contribution >= 0.6 is 0 Å². The Morgan fingerprint density at radius 3 is 2.85 bits per heavy atom. The fourth-order valence-corrected chi connectivity index (χ4v) is 1.03. The third-order valence-corrected chi connectivity index (χ3v) is 2.00. The van der Waals surface area contributed by atoms with Gasteiger partial charge < -0.3 is 0 Å². The van der Waals surface area contributed by atoms with Crippen LogP contribution in [0.5, 0.6) is 0 Å². The van der Waals surface area contributed by atoms with Crippen LogP contribution in [0.25, 0.3) is 0 Å². The minimum atomic E-state index is -0.469. The SMILES string of the molecule is CCC[C@H]([N]NC1CC1)C(=O)C=O. The number of nitrogens with zero attached hydrogens (tertiary/aromatic N) is 1. The van der Waals surface area contributed by atoms with Gasteiger partial charge in [0.25, 0.3) is 0 Å². The summed E-state index contributed by atoms with van der Waals surface area (Å²) in [7, 11) is 0. The maximum Gasteiger partial charge on any atom is 0.215 e. The van der Waals surface area contributed by atoms with Gasteiger partial charge in [-0.2, -0.15) is 5.43 Å². The van der Waals surface area contributed by atoms with E-state index in [0.717, 1.165) is 19.3 Å². The molecule has 4 heteroatoms. The molecule has 0 aliphatic heterocycles. The van der Waals surface area contributed by atoms with E-state index < -0.39 is 11.8 Å². The predicted octanol–water partition coefficient (Wildman–Crippen LogP) is 0.194. The molecule has 0 heterocycles. The molecule has 1 aliphatic rings. The van der Waals surface area contributed by atoms with Gasteiger partial charge in [-0.3, -0.25) is 9.59 Å². The number of carbonyl (C=O) groups excluding carboxylic acids is 2. The first-order valence-electron chi connectivity index (χ1n) is 4.72. The van der Waals surface area contributed by atoms with Crippen LogP contribution in [-0.4, -0.2) is 24.2 Å². The van der Waals surface area contributed by atoms with E-state index >= 15 is 0 Å². The van der Waals surface area contributed by atoms with Gasteiger partial charge in [-0.1, -0.05) is 13.3 Å². The van der Waals surface area contributed by atoms with Crippen molar-refractivity contribution in [3.8, 4) is 0 Å². The molecule has 1 aliphatic carbocycles. The largest absolute Gasteiger partial charge is 0.295 e. The maximum atomic E-state index is 11.0. The molecule has 0 amide bonds. The van der Waals surface area contributed by atoms with Gasteiger partial charge in [0.2, 0.25) is 5.78 Å². The van der Waals surface area contributed by atoms with Crippen molar-refractivity contribution in [2.75, 3.05) is 0 Å². The molecule has 0 saturated heterocycles. The molecular weight excluding hydrogens is 168 g/mol. The van der Waals surface area contributed by atoms with Crippen LogP contribution in [0.4, 0.5) is 0 Å². The van der Waals surface area contributed by atoms with Gasteiger partial charge in [-0.15, -0.1) is 0 Å². The lowest BCUT2D eigenvalue weighted by Gasteiger charge is -2.11. The summed E-state index contributed by atoms with van der Waals surface area (Å²) in [6, 6.07) is -0.0260. The lowest BCUT2D eigenvalue weighted by Crippen LogP contribution is -2.40. The first-order chi connectivity index (χ1) is 6.27. The molecule has 1 atom stereocenters. The van der Waals surface area contributed by atoms with E-state index in [0.29, 0.717) is 18.7 Å². The maximum absolute atomic E-state index is 11.0. The minimum absolute atomic E-state index is 0.360. The average molecular weight is 183 g/mol. The van der Waals surface area contributed by atoms with Crippen molar-refractivity contribution in [1.82, 2.24) is 10.9 Å². The molecule has 1 rings (SSSR count). The summed E-state index contributed by atoms with van der Waals surface area (Å²) < 4.78 is 0. The van der Waals surface area contributed by atoms with Crippen molar-refractivity contribution < 1.29 is 9.59 Å². The second-order valence-corrected chi connectivity index (χ2v) is 3.36. The van der Waals surface area contributed by atoms with E-state index in [1.165, 1.54) is 0 Å². The molecule has 0 aromatic carbocycles. The number of Topliss-reactive ketones (excluding diaryl/α,β-unsaturated/α-hetero) is 1. The van der Waals surface area contributed by atoms with Gasteiger partial charge in [-0.05, 0) is 19.3 Å². The number of nitrogens with one attached hydrogen (secondary N) is 1. The number of aldehydes is 1. The quantitative estimate of drug-likeness (QED) is 0.348. The highest BCUT2D eigenvalue weighted by molar-refractivity contribution is 6.27. The van der Waals surface area contributed by atoms with Crippen LogP contribution < -0.4 is 10.9 Å². The Kier molecular flexibility index (Phi) is 4.05. The monoisotopic (exact) mass is 183 g/mol. The van der Waals surface area contributed by atoms with E-state index in [1.54, 1.807) is 0 Å². The van der Waals surface area contributed by atoms with Crippen molar-refractivity contribution in [3.05, 3.63) is 0 Å². The third kappa shape index (κ3) is 3.65. The molecule has 0 aromatic heterocycles. The van der Waals surface area contributed by atoms with E-state index in [9.17, 15) is 9.59 Å². The normalized spacial score (nSPS) is 18.2. The summed E-state index contributed by atoms with van der Waals surface area (Å²) in [5.41, 5.74) is 6.92. The fourth-order valence-electron chi connectivity index (χ4n) is 1.03. The lowest BCUT2D eigenvalue weighted by molar-refractivity contribution is -0.131. The lowest BCUT2D eigenvalue weighted by atomic mass is 10.1. The fraction of sp³-hybridized carbons (Fsp3) is 0.778. The zero-order valence-electron chi connectivity index (χ0n) is 7.82. The van der Waals surface area contributed by atoms with Crippen LogP contribution in [-0.2, 0) is 9.59 Å². The van der Waals surface area contributed by atoms with Gasteiger partial charge in [0.1, 0.15) is 6.04 Å². The van der Waals surface area contributed by atoms with E-state index in [1.807, 2.05) is 6.92 Å². The Morgan fingerprint density at radius 2 is 2.38 bits per heavy atom. The molecular formula is C9H15N2O2. The van der Waals surface area contributed by atoms with Gasteiger partial charge in [0, 0.05) is 6.04 Å². The highest BCUT2D eigenvalue weighted by Gasteiger charge is 2.24. The van der Waals surface area contributed by atoms with E-state index in [-0.39, 0.29) is 0 Å². The molecule has 4 nitrogen and oxygen atoms in total. The third-order valence-electron chi connectivity index (χ3n) is 2.00. The summed E-state index contributed by atoms with van der Waals surface area (Å²) in [5.74, 6) is -0.421. The molecule has 13 heavy (non-hydrogen) atoms. The number of ketones is 1. The van der Waals surface area contributed by atoms with Crippen LogP contribution in [0.3, 0.4) is 0 Å². The van der Waals surface area contributed by atoms with Crippen LogP contribution in [0.2, 0.25) is 0 Å². The minimum Gasteiger partial charge on any atom is -0.295 e. The van der Waals surface area contributed by atoms with Crippen molar-refractivity contribution in [2.45, 2.75) is 44.7 Å². The van der Waals surface area contributed by atoms with Crippen LogP contribution in [0.15, 0.2) is 0 Å². The van der Waals surface area contributed by atoms with Crippen LogP contribution in [0.1, 0.15) is 32.6 Å². The second kappa shape index (κ2) is 5.09. The summed E-state index contributed by atoms with van der Waals surface area (Å²) in [5, 5.41) is 0. The average Bonchev–Trinajstić information content (AvgIpc) is 2.94. The van der Waals surface area contributed by atoms with Gasteiger partial charge in [0.05, 0.1) is 0 Å². The Morgan fingerprint density at radius 1 is 1.69 bits per heavy atom. The Hall–Kier alpha value is -0.740. The number of carbonyl (C=O) groups is 2. The molecule has 0 bridgehead atoms. The zero-order valence-corrected chi connectivity index (χ0v) is 7.82. The first kappa shape index (κ1) is 10.3. The first-order valence-corrected chi connectivity index (χ1v) is 4.72. The second-order valence-electron chi connectivity index (χ2n) is 3.36. The van der Waals surface area contributed by atoms with E-state index in [2.05, 4.69) is 10.9 Å². The Labute approximate surface area is 78.0 Å². The zero-order chi connectivity index (χ0) is 9.68. The summed E-state index contributed by atoms with van der Waals surface area (Å²) in [6.07, 6.45) is 4.12. The Balaban J connectivity index is 2.26. The van der Waals surface area contributed by atoms with Crippen molar-refractivity contribution in [3.63, 3.8) is 0 Å². The molecule has 0 unspecified atom stereocenters. The summed E-state index contributed by atoms with van der Waals surface area (Å²) >= 11 is 0. The topological polar surface area (TPSA) is 60.3 Å². The van der Waals surface area contributed by atoms with Crippen molar-refractivity contribution in [2.24, 2.45) is 0 Å². The Bertz CT molecular complexity index is 190. The highest BCUT2D eigenvalue weighted by Crippen LogP contribution is 2.18. The smallest absolute Gasteiger partial charge is 0.215 e. The highest BCUT2D eigenvalue weighted by atomic mass is 16.2. The predicted molar refractivity (Wildman–Crippen MR) is 48.1 cm³/mol.